The fourth-order valence-corrected chi connectivity index (χ4v) is 6.57. The smallest absolute Gasteiger partial charge is 0.399 e. The first-order valence-electron chi connectivity index (χ1n) is 14.5. The van der Waals surface area contributed by atoms with Gasteiger partial charge in [-0.05, 0) is 98.5 Å². The molecule has 41 heavy (non-hydrogen) atoms. The van der Waals surface area contributed by atoms with Gasteiger partial charge in [-0.15, -0.1) is 0 Å². The highest BCUT2D eigenvalue weighted by atomic mass is 16.7. The van der Waals surface area contributed by atoms with Crippen LogP contribution in [-0.4, -0.2) is 18.3 Å². The molecule has 1 aliphatic heterocycles. The summed E-state index contributed by atoms with van der Waals surface area (Å²) >= 11 is 0. The van der Waals surface area contributed by atoms with E-state index in [9.17, 15) is 0 Å². The summed E-state index contributed by atoms with van der Waals surface area (Å²) in [6, 6.07) is 42.1. The average Bonchev–Trinajstić information content (AvgIpc) is 3.21. The van der Waals surface area contributed by atoms with Crippen molar-refractivity contribution in [1.29, 1.82) is 0 Å². The molecule has 0 radical (unpaired) electrons. The van der Waals surface area contributed by atoms with E-state index < -0.39 is 7.12 Å². The van der Waals surface area contributed by atoms with Crippen LogP contribution in [0.25, 0.3) is 65.3 Å². The fraction of sp³-hybridized carbons (Fsp3) is 0.158. The Bertz CT molecular complexity index is 2070. The van der Waals surface area contributed by atoms with Crippen LogP contribution in [0.3, 0.4) is 0 Å². The third kappa shape index (κ3) is 3.66. The van der Waals surface area contributed by atoms with E-state index in [2.05, 4.69) is 143 Å². The minimum Gasteiger partial charge on any atom is -0.399 e. The van der Waals surface area contributed by atoms with Gasteiger partial charge in [-0.2, -0.15) is 0 Å². The Labute approximate surface area is 241 Å². The van der Waals surface area contributed by atoms with E-state index in [1.165, 1.54) is 65.3 Å². The lowest BCUT2D eigenvalue weighted by Crippen LogP contribution is -2.41. The third-order valence-electron chi connectivity index (χ3n) is 9.50. The fourth-order valence-electron chi connectivity index (χ4n) is 6.57. The molecule has 0 N–H and O–H groups in total. The van der Waals surface area contributed by atoms with Crippen LogP contribution in [0, 0.1) is 0 Å². The minimum absolute atomic E-state index is 0.377. The van der Waals surface area contributed by atoms with E-state index in [1.54, 1.807) is 0 Å². The molecule has 0 unspecified atom stereocenters. The van der Waals surface area contributed by atoms with Crippen molar-refractivity contribution in [2.75, 3.05) is 0 Å². The molecule has 1 fully saturated rings. The van der Waals surface area contributed by atoms with E-state index in [0.717, 1.165) is 5.46 Å². The van der Waals surface area contributed by atoms with Gasteiger partial charge in [0, 0.05) is 0 Å². The van der Waals surface area contributed by atoms with Crippen molar-refractivity contribution in [2.24, 2.45) is 0 Å². The Balaban J connectivity index is 1.21. The number of rotatable bonds is 3. The molecule has 0 spiro atoms. The van der Waals surface area contributed by atoms with Crippen molar-refractivity contribution in [1.82, 2.24) is 0 Å². The molecule has 1 heterocycles. The molecule has 198 valence electrons. The van der Waals surface area contributed by atoms with Crippen molar-refractivity contribution >= 4 is 55.7 Å². The zero-order valence-corrected chi connectivity index (χ0v) is 23.9. The van der Waals surface area contributed by atoms with E-state index in [0.29, 0.717) is 0 Å². The lowest BCUT2D eigenvalue weighted by molar-refractivity contribution is 0.00578. The highest BCUT2D eigenvalue weighted by Gasteiger charge is 2.52. The molecule has 8 rings (SSSR count). The molecule has 1 saturated heterocycles. The van der Waals surface area contributed by atoms with Crippen LogP contribution in [0.4, 0.5) is 0 Å². The summed E-state index contributed by atoms with van der Waals surface area (Å²) < 4.78 is 12.8. The van der Waals surface area contributed by atoms with Crippen LogP contribution in [0.5, 0.6) is 0 Å². The van der Waals surface area contributed by atoms with Gasteiger partial charge in [0.1, 0.15) is 0 Å². The number of hydrogen-bond donors (Lipinski definition) is 0. The minimum atomic E-state index is -0.393. The molecule has 0 atom stereocenters. The van der Waals surface area contributed by atoms with E-state index in [1.807, 2.05) is 0 Å². The van der Waals surface area contributed by atoms with Gasteiger partial charge in [-0.3, -0.25) is 0 Å². The highest BCUT2D eigenvalue weighted by Crippen LogP contribution is 2.41. The molecule has 7 aromatic carbocycles. The lowest BCUT2D eigenvalue weighted by atomic mass is 9.75. The average molecular weight is 530 g/mol. The number of fused-ring (bicyclic) bond motifs is 1. The first-order valence-corrected chi connectivity index (χ1v) is 14.5. The van der Waals surface area contributed by atoms with Crippen molar-refractivity contribution in [3.8, 4) is 22.3 Å². The third-order valence-corrected chi connectivity index (χ3v) is 9.50. The predicted octanol–water partition coefficient (Wildman–Crippen LogP) is 9.37. The summed E-state index contributed by atoms with van der Waals surface area (Å²) in [4.78, 5) is 0. The van der Waals surface area contributed by atoms with Crippen molar-refractivity contribution < 1.29 is 9.31 Å². The van der Waals surface area contributed by atoms with Crippen LogP contribution in [0.15, 0.2) is 115 Å². The first kappa shape index (κ1) is 24.6. The summed E-state index contributed by atoms with van der Waals surface area (Å²) in [5.41, 5.74) is 5.23. The Morgan fingerprint density at radius 3 is 1.61 bits per heavy atom. The Kier molecular flexibility index (Phi) is 5.20. The molecule has 0 saturated carbocycles. The zero-order chi connectivity index (χ0) is 27.9. The maximum atomic E-state index is 6.42. The molecule has 3 heteroatoms. The maximum Gasteiger partial charge on any atom is 0.495 e. The zero-order valence-electron chi connectivity index (χ0n) is 23.9. The largest absolute Gasteiger partial charge is 0.495 e. The molecule has 0 aliphatic carbocycles. The quantitative estimate of drug-likeness (QED) is 0.167. The van der Waals surface area contributed by atoms with Crippen molar-refractivity contribution in [3.05, 3.63) is 115 Å². The molecule has 1 aliphatic rings. The first-order chi connectivity index (χ1) is 19.8. The summed E-state index contributed by atoms with van der Waals surface area (Å²) in [6.07, 6.45) is 0. The molecule has 0 aromatic heterocycles. The predicted molar refractivity (Wildman–Crippen MR) is 174 cm³/mol. The Hall–Kier alpha value is -4.18. The summed E-state index contributed by atoms with van der Waals surface area (Å²) in [5.74, 6) is 0. The highest BCUT2D eigenvalue weighted by molar-refractivity contribution is 6.65. The van der Waals surface area contributed by atoms with Crippen LogP contribution in [0.1, 0.15) is 27.7 Å². The van der Waals surface area contributed by atoms with E-state index >= 15 is 0 Å². The summed E-state index contributed by atoms with van der Waals surface area (Å²) in [6.45, 7) is 8.41. The molecule has 7 aromatic rings. The van der Waals surface area contributed by atoms with Gasteiger partial charge >= 0.3 is 7.12 Å². The Morgan fingerprint density at radius 1 is 0.439 bits per heavy atom. The second-order valence-electron chi connectivity index (χ2n) is 12.4. The van der Waals surface area contributed by atoms with Crippen molar-refractivity contribution in [2.45, 2.75) is 38.9 Å². The summed E-state index contributed by atoms with van der Waals surface area (Å²) in [5, 5.41) is 10.3. The molecule has 0 amide bonds. The van der Waals surface area contributed by atoms with E-state index in [4.69, 9.17) is 9.31 Å². The van der Waals surface area contributed by atoms with Crippen LogP contribution in [-0.2, 0) is 9.31 Å². The van der Waals surface area contributed by atoms with Crippen molar-refractivity contribution in [3.63, 3.8) is 0 Å². The maximum absolute atomic E-state index is 6.42. The molecular formula is C38H31BO2. The summed E-state index contributed by atoms with van der Waals surface area (Å²) in [7, 11) is -0.393. The number of benzene rings is 7. The second-order valence-corrected chi connectivity index (χ2v) is 12.4. The second kappa shape index (κ2) is 8.66. The van der Waals surface area contributed by atoms with Gasteiger partial charge in [-0.25, -0.2) is 0 Å². The van der Waals surface area contributed by atoms with Crippen LogP contribution >= 0.6 is 0 Å². The van der Waals surface area contributed by atoms with E-state index in [-0.39, 0.29) is 11.2 Å². The van der Waals surface area contributed by atoms with Gasteiger partial charge in [0.25, 0.3) is 0 Å². The standard InChI is InChI=1S/C38H31BO2/c1-37(2)38(3,4)41-39(40-37)34-23-22-29(31-10-5-6-11-32(31)34)24-12-14-25(15-13-24)30-20-18-28-17-16-26-8-7-9-27-19-21-33(30)36(28)35(26)27/h5-23H,1-4H3. The molecule has 2 nitrogen and oxygen atoms in total. The molecule has 0 bridgehead atoms. The van der Waals surface area contributed by atoms with Gasteiger partial charge in [0.2, 0.25) is 0 Å². The lowest BCUT2D eigenvalue weighted by Gasteiger charge is -2.32. The van der Waals surface area contributed by atoms with Gasteiger partial charge in [0.05, 0.1) is 11.2 Å². The SMILES string of the molecule is CC1(C)OB(c2ccc(-c3ccc(-c4ccc5ccc6cccc7ccc4c5c67)cc3)c3ccccc23)OC1(C)C. The van der Waals surface area contributed by atoms with Gasteiger partial charge < -0.3 is 9.31 Å². The van der Waals surface area contributed by atoms with Gasteiger partial charge in [-0.1, -0.05) is 115 Å². The van der Waals surface area contributed by atoms with Crippen LogP contribution in [0.2, 0.25) is 0 Å². The number of hydrogen-bond acceptors (Lipinski definition) is 2. The monoisotopic (exact) mass is 530 g/mol. The topological polar surface area (TPSA) is 18.5 Å². The van der Waals surface area contributed by atoms with Crippen LogP contribution < -0.4 is 5.46 Å². The Morgan fingerprint density at radius 2 is 0.951 bits per heavy atom. The normalized spacial score (nSPS) is 16.4. The molecular weight excluding hydrogens is 499 g/mol. The van der Waals surface area contributed by atoms with Gasteiger partial charge in [0.15, 0.2) is 0 Å².